The number of fused-ring (bicyclic) bond motifs is 1. The van der Waals surface area contributed by atoms with Gasteiger partial charge in [-0.25, -0.2) is 9.78 Å². The molecule has 1 saturated heterocycles. The maximum absolute atomic E-state index is 12.8. The first-order valence-corrected chi connectivity index (χ1v) is 13.2. The van der Waals surface area contributed by atoms with Gasteiger partial charge in [-0.3, -0.25) is 4.90 Å². The third-order valence-corrected chi connectivity index (χ3v) is 7.51. The van der Waals surface area contributed by atoms with Gasteiger partial charge >= 0.3 is 12.3 Å². The second kappa shape index (κ2) is 12.0. The molecule has 196 valence electrons. The maximum Gasteiger partial charge on any atom is 0.416 e. The molecule has 2 aliphatic rings. The molecule has 2 aromatic heterocycles. The minimum Gasteiger partial charge on any atom is -0.465 e. The zero-order chi connectivity index (χ0) is 25.5. The van der Waals surface area contributed by atoms with Gasteiger partial charge in [0, 0.05) is 67.1 Å². The van der Waals surface area contributed by atoms with E-state index in [-0.39, 0.29) is 0 Å². The number of carboxylic acid groups (broad SMARTS) is 1. The molecule has 2 N–H and O–H groups in total. The molecule has 11 heteroatoms. The van der Waals surface area contributed by atoms with E-state index in [2.05, 4.69) is 20.1 Å². The molecule has 0 unspecified atom stereocenters. The Balaban J connectivity index is 0.000000214. The second-order valence-electron chi connectivity index (χ2n) is 9.28. The molecule has 0 spiro atoms. The average molecular weight is 524 g/mol. The van der Waals surface area contributed by atoms with Crippen molar-refractivity contribution >= 4 is 33.2 Å². The summed E-state index contributed by atoms with van der Waals surface area (Å²) >= 11 is 1.41. The maximum atomic E-state index is 12.8. The first kappa shape index (κ1) is 26.3. The Morgan fingerprint density at radius 3 is 2.58 bits per heavy atom. The Morgan fingerprint density at radius 1 is 1.17 bits per heavy atom. The third kappa shape index (κ3) is 7.60. The summed E-state index contributed by atoms with van der Waals surface area (Å²) in [7, 11) is 0. The van der Waals surface area contributed by atoms with Crippen LogP contribution in [0.3, 0.4) is 0 Å². The van der Waals surface area contributed by atoms with Crippen molar-refractivity contribution in [3.8, 4) is 0 Å². The molecule has 1 aromatic carbocycles. The lowest BCUT2D eigenvalue weighted by Gasteiger charge is -2.36. The normalized spacial score (nSPS) is 16.6. The van der Waals surface area contributed by atoms with E-state index in [0.29, 0.717) is 6.54 Å². The lowest BCUT2D eigenvalue weighted by atomic mass is 10.1. The van der Waals surface area contributed by atoms with E-state index in [1.165, 1.54) is 49.3 Å². The number of piperazine rings is 1. The SMILES string of the molecule is FC(F)(F)c1ccc2c(N3CCN(CCC4CC4)CC3)csc2c1.O=C(O)NCCCn1ccnc1. The van der Waals surface area contributed by atoms with Crippen LogP contribution in [0.15, 0.2) is 42.3 Å². The van der Waals surface area contributed by atoms with E-state index in [9.17, 15) is 18.0 Å². The van der Waals surface area contributed by atoms with Crippen LogP contribution < -0.4 is 10.2 Å². The minimum absolute atomic E-state index is 0.480. The van der Waals surface area contributed by atoms with Gasteiger partial charge in [0.25, 0.3) is 0 Å². The van der Waals surface area contributed by atoms with Crippen molar-refractivity contribution in [1.29, 1.82) is 0 Å². The number of thiophene rings is 1. The number of amides is 1. The molecular formula is C25H32F3N5O2S. The van der Waals surface area contributed by atoms with E-state index in [0.717, 1.165) is 60.8 Å². The van der Waals surface area contributed by atoms with Crippen molar-refractivity contribution in [3.63, 3.8) is 0 Å². The van der Waals surface area contributed by atoms with Crippen molar-refractivity contribution in [3.05, 3.63) is 47.9 Å². The van der Waals surface area contributed by atoms with Gasteiger partial charge in [-0.2, -0.15) is 13.2 Å². The Hall–Kier alpha value is -2.79. The first-order valence-electron chi connectivity index (χ1n) is 12.3. The van der Waals surface area contributed by atoms with Crippen LogP contribution in [-0.2, 0) is 12.7 Å². The number of nitrogens with one attached hydrogen (secondary N) is 1. The molecule has 1 saturated carbocycles. The molecule has 36 heavy (non-hydrogen) atoms. The number of carbonyl (C=O) groups is 1. The lowest BCUT2D eigenvalue weighted by molar-refractivity contribution is -0.137. The fraction of sp³-hybridized carbons (Fsp3) is 0.520. The summed E-state index contributed by atoms with van der Waals surface area (Å²) in [6, 6.07) is 4.10. The van der Waals surface area contributed by atoms with Gasteiger partial charge in [-0.15, -0.1) is 11.3 Å². The Bertz CT molecular complexity index is 1110. The van der Waals surface area contributed by atoms with Crippen LogP contribution in [0.25, 0.3) is 10.1 Å². The molecule has 2 fully saturated rings. The number of imidazole rings is 1. The van der Waals surface area contributed by atoms with Gasteiger partial charge in [0.2, 0.25) is 0 Å². The van der Waals surface area contributed by atoms with Crippen LogP contribution in [0.2, 0.25) is 0 Å². The average Bonchev–Trinajstić information content (AvgIpc) is 3.35. The van der Waals surface area contributed by atoms with Crippen molar-refractivity contribution in [2.45, 2.75) is 38.4 Å². The molecule has 3 aromatic rings. The van der Waals surface area contributed by atoms with Crippen molar-refractivity contribution < 1.29 is 23.1 Å². The highest BCUT2D eigenvalue weighted by Gasteiger charge is 2.31. The fourth-order valence-corrected chi connectivity index (χ4v) is 5.30. The summed E-state index contributed by atoms with van der Waals surface area (Å²) in [6.07, 6.45) is 4.92. The number of nitrogens with zero attached hydrogens (tertiary/aromatic N) is 4. The molecule has 3 heterocycles. The number of benzene rings is 1. The summed E-state index contributed by atoms with van der Waals surface area (Å²) in [4.78, 5) is 18.7. The molecule has 5 rings (SSSR count). The highest BCUT2D eigenvalue weighted by Crippen LogP contribution is 2.38. The number of halogens is 3. The number of aryl methyl sites for hydroxylation is 1. The van der Waals surface area contributed by atoms with Gasteiger partial charge in [0.05, 0.1) is 17.6 Å². The van der Waals surface area contributed by atoms with Crippen LogP contribution in [-0.4, -0.2) is 64.9 Å². The highest BCUT2D eigenvalue weighted by molar-refractivity contribution is 7.17. The fourth-order valence-electron chi connectivity index (χ4n) is 4.30. The zero-order valence-corrected chi connectivity index (χ0v) is 20.9. The summed E-state index contributed by atoms with van der Waals surface area (Å²) in [5.74, 6) is 0.965. The summed E-state index contributed by atoms with van der Waals surface area (Å²) in [6.45, 7) is 6.47. The standard InChI is InChI=1S/C18H21F3N2S.C7H11N3O2/c19-18(20,21)14-3-4-15-16(12-24-17(15)11-14)23-9-7-22(8-10-23)6-5-13-1-2-13;11-7(12)9-2-1-4-10-5-3-8-6-10/h3-4,11-13H,1-2,5-10H2;3,5-6,9H,1-2,4H2,(H,11,12). The molecule has 0 radical (unpaired) electrons. The number of rotatable bonds is 8. The smallest absolute Gasteiger partial charge is 0.416 e. The van der Waals surface area contributed by atoms with Crippen LogP contribution in [0, 0.1) is 5.92 Å². The quantitative estimate of drug-likeness (QED) is 0.388. The van der Waals surface area contributed by atoms with Gasteiger partial charge in [-0.05, 0) is 37.4 Å². The number of hydrogen-bond acceptors (Lipinski definition) is 5. The van der Waals surface area contributed by atoms with Crippen LogP contribution in [0.1, 0.15) is 31.2 Å². The second-order valence-corrected chi connectivity index (χ2v) is 10.2. The molecule has 0 atom stereocenters. The predicted molar refractivity (Wildman–Crippen MR) is 136 cm³/mol. The van der Waals surface area contributed by atoms with Crippen molar-refractivity contribution in [1.82, 2.24) is 19.8 Å². The lowest BCUT2D eigenvalue weighted by Crippen LogP contribution is -2.46. The third-order valence-electron chi connectivity index (χ3n) is 6.57. The highest BCUT2D eigenvalue weighted by atomic mass is 32.1. The van der Waals surface area contributed by atoms with E-state index in [1.54, 1.807) is 18.6 Å². The van der Waals surface area contributed by atoms with Crippen LogP contribution in [0.4, 0.5) is 23.7 Å². The summed E-state index contributed by atoms with van der Waals surface area (Å²) < 4.78 is 41.2. The Labute approximate surface area is 212 Å². The minimum atomic E-state index is -4.27. The van der Waals surface area contributed by atoms with Crippen molar-refractivity contribution in [2.24, 2.45) is 5.92 Å². The largest absolute Gasteiger partial charge is 0.465 e. The molecule has 1 aliphatic carbocycles. The van der Waals surface area contributed by atoms with Gasteiger partial charge in [-0.1, -0.05) is 18.9 Å². The van der Waals surface area contributed by atoms with Crippen LogP contribution in [0.5, 0.6) is 0 Å². The Kier molecular flexibility index (Phi) is 8.73. The van der Waals surface area contributed by atoms with Gasteiger partial charge in [0.1, 0.15) is 0 Å². The number of anilines is 1. The number of hydrogen-bond donors (Lipinski definition) is 2. The Morgan fingerprint density at radius 2 is 1.94 bits per heavy atom. The predicted octanol–water partition coefficient (Wildman–Crippen LogP) is 5.38. The monoisotopic (exact) mass is 523 g/mol. The molecule has 1 amide bonds. The van der Waals surface area contributed by atoms with Gasteiger partial charge in [0.15, 0.2) is 0 Å². The molecule has 0 bridgehead atoms. The summed E-state index contributed by atoms with van der Waals surface area (Å²) in [5, 5.41) is 13.5. The van der Waals surface area contributed by atoms with Crippen molar-refractivity contribution in [2.75, 3.05) is 44.2 Å². The van der Waals surface area contributed by atoms with Gasteiger partial charge < -0.3 is 19.9 Å². The van der Waals surface area contributed by atoms with Crippen LogP contribution >= 0.6 is 11.3 Å². The molecule has 1 aliphatic heterocycles. The number of aromatic nitrogens is 2. The summed E-state index contributed by atoms with van der Waals surface area (Å²) in [5.41, 5.74) is 0.527. The van der Waals surface area contributed by atoms with E-state index in [1.807, 2.05) is 16.1 Å². The van der Waals surface area contributed by atoms with E-state index in [4.69, 9.17) is 5.11 Å². The topological polar surface area (TPSA) is 73.6 Å². The van der Waals surface area contributed by atoms with E-state index < -0.39 is 17.8 Å². The molecular weight excluding hydrogens is 491 g/mol. The van der Waals surface area contributed by atoms with E-state index >= 15 is 0 Å². The molecule has 7 nitrogen and oxygen atoms in total. The zero-order valence-electron chi connectivity index (χ0n) is 20.1. The number of alkyl halides is 3. The first-order chi connectivity index (χ1) is 17.3.